The lowest BCUT2D eigenvalue weighted by atomic mass is 10.1. The molecule has 1 aromatic heterocycles. The van der Waals surface area contributed by atoms with Gasteiger partial charge in [0.05, 0.1) is 12.0 Å². The van der Waals surface area contributed by atoms with Gasteiger partial charge in [0.1, 0.15) is 23.4 Å². The molecule has 11 heteroatoms. The van der Waals surface area contributed by atoms with Crippen molar-refractivity contribution in [2.45, 2.75) is 17.3 Å². The second kappa shape index (κ2) is 8.36. The third-order valence-corrected chi connectivity index (χ3v) is 5.59. The van der Waals surface area contributed by atoms with Crippen molar-refractivity contribution in [3.8, 4) is 11.5 Å². The molecule has 0 amide bonds. The lowest BCUT2D eigenvalue weighted by molar-refractivity contribution is -0.274. The van der Waals surface area contributed by atoms with Crippen molar-refractivity contribution >= 4 is 10.0 Å². The summed E-state index contributed by atoms with van der Waals surface area (Å²) in [4.78, 5) is 3.83. The molecule has 1 N–H and O–H groups in total. The zero-order valence-corrected chi connectivity index (χ0v) is 16.7. The maximum atomic E-state index is 13.0. The summed E-state index contributed by atoms with van der Waals surface area (Å²) in [6.45, 7) is 0. The number of ether oxygens (including phenoxy) is 2. The van der Waals surface area contributed by atoms with Crippen LogP contribution >= 0.6 is 0 Å². The molecular formula is C19H18F3N3O4S. The van der Waals surface area contributed by atoms with Gasteiger partial charge in [-0.3, -0.25) is 0 Å². The summed E-state index contributed by atoms with van der Waals surface area (Å²) < 4.78 is 76.6. The number of hydrogen-bond donors (Lipinski definition) is 1. The number of aromatic nitrogens is 2. The van der Waals surface area contributed by atoms with E-state index in [2.05, 4.69) is 14.4 Å². The number of nitrogens with one attached hydrogen (secondary N) is 1. The van der Waals surface area contributed by atoms with Crippen LogP contribution < -0.4 is 14.2 Å². The molecule has 0 radical (unpaired) electrons. The van der Waals surface area contributed by atoms with Crippen LogP contribution in [-0.2, 0) is 17.1 Å². The summed E-state index contributed by atoms with van der Waals surface area (Å²) in [6, 6.07) is 9.96. The van der Waals surface area contributed by atoms with Gasteiger partial charge in [0.15, 0.2) is 0 Å². The van der Waals surface area contributed by atoms with Gasteiger partial charge in [0.25, 0.3) is 0 Å². The van der Waals surface area contributed by atoms with Gasteiger partial charge < -0.3 is 14.0 Å². The van der Waals surface area contributed by atoms with E-state index in [-0.39, 0.29) is 4.90 Å². The highest BCUT2D eigenvalue weighted by Gasteiger charge is 2.32. The number of methoxy groups -OCH3 is 1. The Kier molecular flexibility index (Phi) is 6.04. The minimum atomic E-state index is -4.94. The highest BCUT2D eigenvalue weighted by molar-refractivity contribution is 7.89. The van der Waals surface area contributed by atoms with E-state index >= 15 is 0 Å². The first-order valence-corrected chi connectivity index (χ1v) is 10.1. The molecular weight excluding hydrogens is 423 g/mol. The number of sulfonamides is 1. The molecule has 0 spiro atoms. The zero-order valence-electron chi connectivity index (χ0n) is 15.9. The predicted octanol–water partition coefficient (Wildman–Crippen LogP) is 3.40. The Bertz CT molecular complexity index is 1130. The predicted molar refractivity (Wildman–Crippen MR) is 101 cm³/mol. The van der Waals surface area contributed by atoms with Gasteiger partial charge in [-0.15, -0.1) is 13.2 Å². The second-order valence-electron chi connectivity index (χ2n) is 6.25. The fourth-order valence-corrected chi connectivity index (χ4v) is 4.02. The minimum absolute atomic E-state index is 0.383. The number of hydrogen-bond acceptors (Lipinski definition) is 5. The van der Waals surface area contributed by atoms with E-state index in [9.17, 15) is 21.6 Å². The van der Waals surface area contributed by atoms with Crippen molar-refractivity contribution < 1.29 is 31.1 Å². The summed E-state index contributed by atoms with van der Waals surface area (Å²) in [7, 11) is -1.07. The Labute approximate surface area is 171 Å². The van der Waals surface area contributed by atoms with Crippen LogP contribution in [-0.4, -0.2) is 31.4 Å². The van der Waals surface area contributed by atoms with Crippen molar-refractivity contribution in [2.24, 2.45) is 7.05 Å². The van der Waals surface area contributed by atoms with Crippen LogP contribution in [0.25, 0.3) is 0 Å². The van der Waals surface area contributed by atoms with Gasteiger partial charge >= 0.3 is 6.36 Å². The third kappa shape index (κ3) is 5.10. The monoisotopic (exact) mass is 441 g/mol. The van der Waals surface area contributed by atoms with E-state index in [1.807, 2.05) is 0 Å². The molecule has 1 atom stereocenters. The number of rotatable bonds is 7. The average Bonchev–Trinajstić information content (AvgIpc) is 3.11. The van der Waals surface area contributed by atoms with Crippen LogP contribution in [0, 0.1) is 0 Å². The van der Waals surface area contributed by atoms with Gasteiger partial charge in [-0.1, -0.05) is 18.2 Å². The van der Waals surface area contributed by atoms with Crippen LogP contribution in [0.3, 0.4) is 0 Å². The number of alkyl halides is 3. The molecule has 160 valence electrons. The summed E-state index contributed by atoms with van der Waals surface area (Å²) in [5.74, 6) is 0.251. The molecule has 0 aliphatic rings. The van der Waals surface area contributed by atoms with Crippen LogP contribution in [0.1, 0.15) is 17.4 Å². The van der Waals surface area contributed by atoms with Gasteiger partial charge in [-0.2, -0.15) is 4.72 Å². The van der Waals surface area contributed by atoms with Gasteiger partial charge in [0, 0.05) is 25.5 Å². The second-order valence-corrected chi connectivity index (χ2v) is 7.96. The highest BCUT2D eigenvalue weighted by atomic mass is 32.2. The van der Waals surface area contributed by atoms with Crippen molar-refractivity contribution in [3.05, 3.63) is 72.3 Å². The molecule has 0 saturated carbocycles. The maximum absolute atomic E-state index is 13.0. The molecule has 0 bridgehead atoms. The number of benzene rings is 2. The maximum Gasteiger partial charge on any atom is 0.573 e. The Morgan fingerprint density at radius 1 is 1.10 bits per heavy atom. The number of aryl methyl sites for hydroxylation is 1. The topological polar surface area (TPSA) is 82.4 Å². The number of halogens is 3. The SMILES string of the molecule is COc1cccc(C(NS(=O)(=O)c2cccc(OC(F)(F)F)c2)c2nccn2C)c1. The smallest absolute Gasteiger partial charge is 0.497 e. The first-order valence-electron chi connectivity index (χ1n) is 8.58. The molecule has 0 aliphatic heterocycles. The van der Waals surface area contributed by atoms with E-state index in [1.165, 1.54) is 19.4 Å². The first kappa shape index (κ1) is 21.7. The normalized spacial score (nSPS) is 13.1. The van der Waals surface area contributed by atoms with Crippen molar-refractivity contribution in [3.63, 3.8) is 0 Å². The fourth-order valence-electron chi connectivity index (χ4n) is 2.81. The molecule has 1 unspecified atom stereocenters. The molecule has 0 aliphatic carbocycles. The number of nitrogens with zero attached hydrogens (tertiary/aromatic N) is 2. The minimum Gasteiger partial charge on any atom is -0.497 e. The summed E-state index contributed by atoms with van der Waals surface area (Å²) in [6.07, 6.45) is -1.78. The van der Waals surface area contributed by atoms with E-state index in [0.29, 0.717) is 17.1 Å². The van der Waals surface area contributed by atoms with E-state index in [4.69, 9.17) is 4.74 Å². The van der Waals surface area contributed by atoms with Crippen LogP contribution in [0.15, 0.2) is 65.8 Å². The Morgan fingerprint density at radius 2 is 1.80 bits per heavy atom. The molecule has 0 fully saturated rings. The Morgan fingerprint density at radius 3 is 2.43 bits per heavy atom. The molecule has 1 heterocycles. The lowest BCUT2D eigenvalue weighted by Gasteiger charge is -2.20. The van der Waals surface area contributed by atoms with E-state index in [0.717, 1.165) is 18.2 Å². The lowest BCUT2D eigenvalue weighted by Crippen LogP contribution is -2.31. The third-order valence-electron chi connectivity index (χ3n) is 4.17. The standard InChI is InChI=1S/C19H18F3N3O4S/c1-25-10-9-23-18(25)17(13-5-3-6-14(11-13)28-2)24-30(26,27)16-8-4-7-15(12-16)29-19(20,21)22/h3-12,17,24H,1-2H3. The molecule has 3 aromatic rings. The van der Waals surface area contributed by atoms with E-state index in [1.54, 1.807) is 42.1 Å². The van der Waals surface area contributed by atoms with Crippen LogP contribution in [0.5, 0.6) is 11.5 Å². The molecule has 3 rings (SSSR count). The fraction of sp³-hybridized carbons (Fsp3) is 0.211. The van der Waals surface area contributed by atoms with Crippen molar-refractivity contribution in [2.75, 3.05) is 7.11 Å². The first-order chi connectivity index (χ1) is 14.1. The Balaban J connectivity index is 2.00. The summed E-state index contributed by atoms with van der Waals surface area (Å²) in [5.41, 5.74) is 0.537. The van der Waals surface area contributed by atoms with Gasteiger partial charge in [-0.25, -0.2) is 13.4 Å². The number of imidazole rings is 1. The molecule has 2 aromatic carbocycles. The van der Waals surface area contributed by atoms with Gasteiger partial charge in [0.2, 0.25) is 10.0 Å². The van der Waals surface area contributed by atoms with Crippen molar-refractivity contribution in [1.29, 1.82) is 0 Å². The van der Waals surface area contributed by atoms with Crippen LogP contribution in [0.4, 0.5) is 13.2 Å². The Hall–Kier alpha value is -3.05. The van der Waals surface area contributed by atoms with E-state index < -0.39 is 28.2 Å². The average molecular weight is 441 g/mol. The summed E-state index contributed by atoms with van der Waals surface area (Å²) in [5, 5.41) is 0. The quantitative estimate of drug-likeness (QED) is 0.608. The van der Waals surface area contributed by atoms with Gasteiger partial charge in [-0.05, 0) is 29.8 Å². The highest BCUT2D eigenvalue weighted by Crippen LogP contribution is 2.28. The molecule has 30 heavy (non-hydrogen) atoms. The molecule has 0 saturated heterocycles. The van der Waals surface area contributed by atoms with Crippen LogP contribution in [0.2, 0.25) is 0 Å². The zero-order chi connectivity index (χ0) is 21.9. The largest absolute Gasteiger partial charge is 0.573 e. The molecule has 7 nitrogen and oxygen atoms in total. The van der Waals surface area contributed by atoms with Crippen molar-refractivity contribution in [1.82, 2.24) is 14.3 Å². The summed E-state index contributed by atoms with van der Waals surface area (Å²) >= 11 is 0.